The van der Waals surface area contributed by atoms with Gasteiger partial charge < -0.3 is 10.5 Å². The number of rotatable bonds is 2. The van der Waals surface area contributed by atoms with Gasteiger partial charge in [0.25, 0.3) is 0 Å². The Kier molecular flexibility index (Phi) is 2.77. The lowest BCUT2D eigenvalue weighted by Crippen LogP contribution is -1.91. The lowest BCUT2D eigenvalue weighted by atomic mass is 10.2. The Labute approximate surface area is 93.5 Å². The predicted octanol–water partition coefficient (Wildman–Crippen LogP) is 3.51. The molecule has 0 aromatic heterocycles. The van der Waals surface area contributed by atoms with Crippen molar-refractivity contribution in [2.45, 2.75) is 6.92 Å². The van der Waals surface area contributed by atoms with Crippen LogP contribution >= 0.6 is 0 Å². The van der Waals surface area contributed by atoms with Gasteiger partial charge in [-0.15, -0.1) is 0 Å². The molecule has 0 unspecified atom stereocenters. The molecule has 0 saturated heterocycles. The fourth-order valence-corrected chi connectivity index (χ4v) is 1.41. The van der Waals surface area contributed by atoms with Crippen molar-refractivity contribution in [3.63, 3.8) is 0 Å². The minimum Gasteiger partial charge on any atom is -0.454 e. The smallest absolute Gasteiger partial charge is 0.167 e. The summed E-state index contributed by atoms with van der Waals surface area (Å²) < 4.78 is 18.8. The second kappa shape index (κ2) is 4.23. The number of halogens is 1. The zero-order chi connectivity index (χ0) is 11.5. The molecule has 2 aromatic carbocycles. The molecule has 0 aliphatic heterocycles. The van der Waals surface area contributed by atoms with Crippen molar-refractivity contribution in [1.82, 2.24) is 0 Å². The molecule has 0 bridgehead atoms. The molecule has 2 nitrogen and oxygen atoms in total. The maximum Gasteiger partial charge on any atom is 0.167 e. The van der Waals surface area contributed by atoms with Crippen LogP contribution in [0.25, 0.3) is 0 Å². The molecule has 2 N–H and O–H groups in total. The van der Waals surface area contributed by atoms with Gasteiger partial charge >= 0.3 is 0 Å². The lowest BCUT2D eigenvalue weighted by molar-refractivity contribution is 0.442. The Morgan fingerprint density at radius 2 is 1.94 bits per heavy atom. The summed E-state index contributed by atoms with van der Waals surface area (Å²) in [5.41, 5.74) is 6.90. The molecule has 0 spiro atoms. The number of nitrogens with two attached hydrogens (primary N) is 1. The van der Waals surface area contributed by atoms with Crippen LogP contribution in [0.3, 0.4) is 0 Å². The van der Waals surface area contributed by atoms with E-state index in [2.05, 4.69) is 0 Å². The molecule has 0 fully saturated rings. The summed E-state index contributed by atoms with van der Waals surface area (Å²) >= 11 is 0. The van der Waals surface area contributed by atoms with E-state index in [1.165, 1.54) is 12.1 Å². The molecule has 0 aliphatic rings. The fourth-order valence-electron chi connectivity index (χ4n) is 1.41. The average molecular weight is 217 g/mol. The van der Waals surface area contributed by atoms with E-state index in [-0.39, 0.29) is 5.75 Å². The van der Waals surface area contributed by atoms with Gasteiger partial charge in [-0.1, -0.05) is 12.1 Å². The third kappa shape index (κ3) is 2.31. The van der Waals surface area contributed by atoms with E-state index >= 15 is 0 Å². The molecule has 16 heavy (non-hydrogen) atoms. The molecular weight excluding hydrogens is 205 g/mol. The Morgan fingerprint density at radius 1 is 1.12 bits per heavy atom. The second-order valence-corrected chi connectivity index (χ2v) is 3.61. The van der Waals surface area contributed by atoms with Crippen LogP contribution < -0.4 is 10.5 Å². The molecule has 82 valence electrons. The Morgan fingerprint density at radius 3 is 2.62 bits per heavy atom. The van der Waals surface area contributed by atoms with Crippen LogP contribution in [0, 0.1) is 12.7 Å². The van der Waals surface area contributed by atoms with Gasteiger partial charge in [0.05, 0.1) is 0 Å². The van der Waals surface area contributed by atoms with Gasteiger partial charge in [0.15, 0.2) is 11.6 Å². The van der Waals surface area contributed by atoms with Crippen LogP contribution in [0.5, 0.6) is 11.5 Å². The summed E-state index contributed by atoms with van der Waals surface area (Å²) in [7, 11) is 0. The van der Waals surface area contributed by atoms with Crippen molar-refractivity contribution in [3.8, 4) is 11.5 Å². The number of ether oxygens (including phenoxy) is 1. The SMILES string of the molecule is Cc1cccc(Oc2ccc(N)cc2F)c1. The standard InChI is InChI=1S/C13H12FNO/c1-9-3-2-4-11(7-9)16-13-6-5-10(15)8-12(13)14/h2-8H,15H2,1H3. The summed E-state index contributed by atoms with van der Waals surface area (Å²) in [6, 6.07) is 11.8. The quantitative estimate of drug-likeness (QED) is 0.781. The van der Waals surface area contributed by atoms with E-state index in [0.717, 1.165) is 5.56 Å². The van der Waals surface area contributed by atoms with E-state index in [1.807, 2.05) is 25.1 Å². The van der Waals surface area contributed by atoms with Gasteiger partial charge in [0, 0.05) is 11.8 Å². The largest absolute Gasteiger partial charge is 0.454 e. The highest BCUT2D eigenvalue weighted by molar-refractivity contribution is 5.44. The van der Waals surface area contributed by atoms with E-state index in [4.69, 9.17) is 10.5 Å². The highest BCUT2D eigenvalue weighted by Gasteiger charge is 2.04. The number of benzene rings is 2. The van der Waals surface area contributed by atoms with Gasteiger partial charge in [0.1, 0.15) is 5.75 Å². The summed E-state index contributed by atoms with van der Waals surface area (Å²) in [4.78, 5) is 0. The topological polar surface area (TPSA) is 35.2 Å². The van der Waals surface area contributed by atoms with Crippen molar-refractivity contribution in [2.75, 3.05) is 5.73 Å². The summed E-state index contributed by atoms with van der Waals surface area (Å²) in [5.74, 6) is 0.338. The van der Waals surface area contributed by atoms with Crippen LogP contribution in [0.4, 0.5) is 10.1 Å². The highest BCUT2D eigenvalue weighted by atomic mass is 19.1. The van der Waals surface area contributed by atoms with Gasteiger partial charge in [-0.05, 0) is 36.8 Å². The minimum atomic E-state index is -0.457. The van der Waals surface area contributed by atoms with Gasteiger partial charge in [-0.2, -0.15) is 0 Å². The molecule has 0 atom stereocenters. The fraction of sp³-hybridized carbons (Fsp3) is 0.0769. The number of aryl methyl sites for hydroxylation is 1. The maximum absolute atomic E-state index is 13.4. The monoisotopic (exact) mass is 217 g/mol. The predicted molar refractivity (Wildman–Crippen MR) is 62.1 cm³/mol. The zero-order valence-electron chi connectivity index (χ0n) is 8.91. The molecule has 2 aromatic rings. The molecule has 2 rings (SSSR count). The van der Waals surface area contributed by atoms with Crippen LogP contribution in [0.2, 0.25) is 0 Å². The Balaban J connectivity index is 2.27. The molecule has 0 saturated carbocycles. The molecule has 0 amide bonds. The number of hydrogen-bond acceptors (Lipinski definition) is 2. The summed E-state index contributed by atoms with van der Waals surface area (Å²) in [6.45, 7) is 1.95. The molecular formula is C13H12FNO. The van der Waals surface area contributed by atoms with Crippen molar-refractivity contribution >= 4 is 5.69 Å². The summed E-state index contributed by atoms with van der Waals surface area (Å²) in [5, 5.41) is 0. The van der Waals surface area contributed by atoms with Crippen LogP contribution in [0.1, 0.15) is 5.56 Å². The van der Waals surface area contributed by atoms with Gasteiger partial charge in [0.2, 0.25) is 0 Å². The highest BCUT2D eigenvalue weighted by Crippen LogP contribution is 2.26. The van der Waals surface area contributed by atoms with Crippen molar-refractivity contribution in [3.05, 3.63) is 53.8 Å². The van der Waals surface area contributed by atoms with Crippen molar-refractivity contribution in [2.24, 2.45) is 0 Å². The van der Waals surface area contributed by atoms with E-state index in [1.54, 1.807) is 12.1 Å². The first-order valence-corrected chi connectivity index (χ1v) is 4.95. The van der Waals surface area contributed by atoms with Crippen LogP contribution in [-0.4, -0.2) is 0 Å². The van der Waals surface area contributed by atoms with E-state index in [0.29, 0.717) is 11.4 Å². The number of hydrogen-bond donors (Lipinski definition) is 1. The van der Waals surface area contributed by atoms with Crippen molar-refractivity contribution in [1.29, 1.82) is 0 Å². The number of nitrogen functional groups attached to an aromatic ring is 1. The average Bonchev–Trinajstić information content (AvgIpc) is 2.22. The first-order valence-electron chi connectivity index (χ1n) is 4.95. The third-order valence-electron chi connectivity index (χ3n) is 2.17. The third-order valence-corrected chi connectivity index (χ3v) is 2.17. The van der Waals surface area contributed by atoms with Crippen molar-refractivity contribution < 1.29 is 9.13 Å². The number of anilines is 1. The molecule has 0 heterocycles. The first kappa shape index (κ1) is 10.5. The molecule has 0 aliphatic carbocycles. The van der Waals surface area contributed by atoms with Crippen LogP contribution in [0.15, 0.2) is 42.5 Å². The van der Waals surface area contributed by atoms with Gasteiger partial charge in [-0.3, -0.25) is 0 Å². The Hall–Kier alpha value is -2.03. The molecule has 3 heteroatoms. The van der Waals surface area contributed by atoms with E-state index in [9.17, 15) is 4.39 Å². The second-order valence-electron chi connectivity index (χ2n) is 3.61. The Bertz CT molecular complexity index is 511. The minimum absolute atomic E-state index is 0.180. The summed E-state index contributed by atoms with van der Waals surface area (Å²) in [6.07, 6.45) is 0. The molecule has 0 radical (unpaired) electrons. The van der Waals surface area contributed by atoms with E-state index < -0.39 is 5.82 Å². The van der Waals surface area contributed by atoms with Crippen LogP contribution in [-0.2, 0) is 0 Å². The normalized spacial score (nSPS) is 10.1. The first-order chi connectivity index (χ1) is 7.65. The zero-order valence-corrected chi connectivity index (χ0v) is 8.91. The van der Waals surface area contributed by atoms with Gasteiger partial charge in [-0.25, -0.2) is 4.39 Å². The maximum atomic E-state index is 13.4. The lowest BCUT2D eigenvalue weighted by Gasteiger charge is -2.07.